The standard InChI is InChI=1S/2C9H7.Ca/c2*1-2-5-9-7-3-6-8(9)4-1;/h2*1-7H;/q2*-1;+2. The molecule has 4 rings (SSSR count). The van der Waals surface area contributed by atoms with Crippen molar-refractivity contribution in [1.82, 2.24) is 0 Å². The molecule has 0 heterocycles. The summed E-state index contributed by atoms with van der Waals surface area (Å²) in [5.74, 6) is 0. The van der Waals surface area contributed by atoms with Crippen LogP contribution in [0.1, 0.15) is 0 Å². The molecule has 0 amide bonds. The number of rotatable bonds is 0. The summed E-state index contributed by atoms with van der Waals surface area (Å²) in [5.41, 5.74) is 0. The molecule has 88 valence electrons. The van der Waals surface area contributed by atoms with Crippen LogP contribution in [0.4, 0.5) is 0 Å². The zero-order chi connectivity index (χ0) is 12.2. The van der Waals surface area contributed by atoms with E-state index in [1.165, 1.54) is 21.5 Å². The Kier molecular flexibility index (Phi) is 5.21. The van der Waals surface area contributed by atoms with Crippen molar-refractivity contribution in [2.75, 3.05) is 0 Å². The van der Waals surface area contributed by atoms with Gasteiger partial charge in [0, 0.05) is 0 Å². The minimum Gasteiger partial charge on any atom is -0.168 e. The third-order valence-electron chi connectivity index (χ3n) is 3.10. The summed E-state index contributed by atoms with van der Waals surface area (Å²) in [6.07, 6.45) is 0. The molecule has 19 heavy (non-hydrogen) atoms. The van der Waals surface area contributed by atoms with E-state index < -0.39 is 0 Å². The van der Waals surface area contributed by atoms with E-state index >= 15 is 0 Å². The molecule has 1 heteroatoms. The summed E-state index contributed by atoms with van der Waals surface area (Å²) < 4.78 is 0. The van der Waals surface area contributed by atoms with Crippen LogP contribution in [0.3, 0.4) is 0 Å². The van der Waals surface area contributed by atoms with Gasteiger partial charge < -0.3 is 0 Å². The van der Waals surface area contributed by atoms with Crippen molar-refractivity contribution in [2.24, 2.45) is 0 Å². The van der Waals surface area contributed by atoms with Crippen molar-refractivity contribution in [3.05, 3.63) is 84.9 Å². The zero-order valence-corrected chi connectivity index (χ0v) is 13.0. The van der Waals surface area contributed by atoms with Gasteiger partial charge in [0.2, 0.25) is 0 Å². The fraction of sp³-hybridized carbons (Fsp3) is 0. The molecule has 0 radical (unpaired) electrons. The summed E-state index contributed by atoms with van der Waals surface area (Å²) in [5, 5.41) is 5.32. The fourth-order valence-corrected chi connectivity index (χ4v) is 2.14. The molecule has 0 saturated carbocycles. The SMILES string of the molecule is [Ca+2].c1ccc2[cH-]ccc2c1.c1ccc2[cH-]ccc2c1. The van der Waals surface area contributed by atoms with Crippen molar-refractivity contribution in [3.8, 4) is 0 Å². The second-order valence-corrected chi connectivity index (χ2v) is 4.31. The maximum atomic E-state index is 2.12. The van der Waals surface area contributed by atoms with E-state index in [9.17, 15) is 0 Å². The quantitative estimate of drug-likeness (QED) is 0.320. The molecule has 0 N–H and O–H groups in total. The van der Waals surface area contributed by atoms with E-state index in [4.69, 9.17) is 0 Å². The van der Waals surface area contributed by atoms with E-state index in [1.807, 2.05) is 0 Å². The minimum absolute atomic E-state index is 0. The Balaban J connectivity index is 0.000000133. The Morgan fingerprint density at radius 3 is 1.37 bits per heavy atom. The smallest absolute Gasteiger partial charge is 0.168 e. The molecule has 0 atom stereocenters. The van der Waals surface area contributed by atoms with E-state index in [-0.39, 0.29) is 37.7 Å². The van der Waals surface area contributed by atoms with Crippen LogP contribution in [0.2, 0.25) is 0 Å². The van der Waals surface area contributed by atoms with Gasteiger partial charge in [-0.2, -0.15) is 35.0 Å². The Bertz CT molecular complexity index is 620. The van der Waals surface area contributed by atoms with Gasteiger partial charge in [-0.1, -0.05) is 12.1 Å². The van der Waals surface area contributed by atoms with Gasteiger partial charge in [-0.3, -0.25) is 0 Å². The van der Waals surface area contributed by atoms with Crippen LogP contribution in [0, 0.1) is 0 Å². The second-order valence-electron chi connectivity index (χ2n) is 4.31. The molecular formula is C18H14Ca. The first-order valence-corrected chi connectivity index (χ1v) is 6.14. The minimum atomic E-state index is 0. The van der Waals surface area contributed by atoms with Crippen LogP contribution in [0.5, 0.6) is 0 Å². The molecule has 0 aliphatic heterocycles. The molecule has 0 saturated heterocycles. The first-order chi connectivity index (χ1) is 8.93. The normalized spacial score (nSPS) is 9.68. The van der Waals surface area contributed by atoms with Crippen molar-refractivity contribution in [2.45, 2.75) is 0 Å². The van der Waals surface area contributed by atoms with Crippen LogP contribution in [0.15, 0.2) is 84.9 Å². The Hall–Kier alpha value is -1.08. The predicted molar refractivity (Wildman–Crippen MR) is 84.8 cm³/mol. The topological polar surface area (TPSA) is 0 Å². The van der Waals surface area contributed by atoms with E-state index in [0.29, 0.717) is 0 Å². The largest absolute Gasteiger partial charge is 2.00 e. The molecule has 0 aliphatic rings. The predicted octanol–water partition coefficient (Wildman–Crippen LogP) is 4.74. The molecule has 0 aliphatic carbocycles. The first-order valence-electron chi connectivity index (χ1n) is 6.14. The van der Waals surface area contributed by atoms with Crippen molar-refractivity contribution < 1.29 is 0 Å². The molecule has 0 aromatic heterocycles. The average molecular weight is 270 g/mol. The van der Waals surface area contributed by atoms with Gasteiger partial charge >= 0.3 is 37.7 Å². The maximum Gasteiger partial charge on any atom is 2.00 e. The van der Waals surface area contributed by atoms with E-state index in [1.54, 1.807) is 0 Å². The van der Waals surface area contributed by atoms with Gasteiger partial charge in [-0.25, -0.2) is 0 Å². The van der Waals surface area contributed by atoms with E-state index in [2.05, 4.69) is 84.9 Å². The average Bonchev–Trinajstić information content (AvgIpc) is 3.08. The number of fused-ring (bicyclic) bond motifs is 2. The molecule has 0 bridgehead atoms. The molecular weight excluding hydrogens is 256 g/mol. The Morgan fingerprint density at radius 1 is 0.526 bits per heavy atom. The van der Waals surface area contributed by atoms with Crippen LogP contribution < -0.4 is 0 Å². The third-order valence-corrected chi connectivity index (χ3v) is 3.10. The molecule has 4 aromatic carbocycles. The first kappa shape index (κ1) is 14.3. The molecule has 0 fully saturated rings. The fourth-order valence-electron chi connectivity index (χ4n) is 2.14. The summed E-state index contributed by atoms with van der Waals surface area (Å²) in [4.78, 5) is 0. The Labute approximate surface area is 143 Å². The van der Waals surface area contributed by atoms with Gasteiger partial charge in [-0.15, -0.1) is 59.3 Å². The van der Waals surface area contributed by atoms with Gasteiger partial charge in [0.05, 0.1) is 0 Å². The van der Waals surface area contributed by atoms with Gasteiger partial charge in [-0.05, 0) is 0 Å². The summed E-state index contributed by atoms with van der Waals surface area (Å²) in [7, 11) is 0. The summed E-state index contributed by atoms with van der Waals surface area (Å²) in [6, 6.07) is 29.3. The van der Waals surface area contributed by atoms with Crippen LogP contribution in [-0.4, -0.2) is 37.7 Å². The van der Waals surface area contributed by atoms with Crippen molar-refractivity contribution >= 4 is 59.3 Å². The number of benzene rings is 2. The zero-order valence-electron chi connectivity index (χ0n) is 10.8. The third kappa shape index (κ3) is 3.48. The molecule has 0 spiro atoms. The van der Waals surface area contributed by atoms with Crippen molar-refractivity contribution in [1.29, 1.82) is 0 Å². The number of hydrogen-bond donors (Lipinski definition) is 0. The maximum absolute atomic E-state index is 2.12. The number of hydrogen-bond acceptors (Lipinski definition) is 0. The van der Waals surface area contributed by atoms with Crippen LogP contribution in [-0.2, 0) is 0 Å². The van der Waals surface area contributed by atoms with Crippen LogP contribution >= 0.6 is 0 Å². The second kappa shape index (κ2) is 6.91. The van der Waals surface area contributed by atoms with Gasteiger partial charge in [0.15, 0.2) is 0 Å². The van der Waals surface area contributed by atoms with Crippen molar-refractivity contribution in [3.63, 3.8) is 0 Å². The Morgan fingerprint density at radius 2 is 0.947 bits per heavy atom. The molecule has 0 unspecified atom stereocenters. The summed E-state index contributed by atoms with van der Waals surface area (Å²) >= 11 is 0. The van der Waals surface area contributed by atoms with Gasteiger partial charge in [0.1, 0.15) is 0 Å². The van der Waals surface area contributed by atoms with Gasteiger partial charge in [0.25, 0.3) is 0 Å². The summed E-state index contributed by atoms with van der Waals surface area (Å²) in [6.45, 7) is 0. The molecule has 4 aromatic rings. The monoisotopic (exact) mass is 270 g/mol. The van der Waals surface area contributed by atoms with E-state index in [0.717, 1.165) is 0 Å². The van der Waals surface area contributed by atoms with Crippen LogP contribution in [0.25, 0.3) is 21.5 Å². The molecule has 0 nitrogen and oxygen atoms in total.